The molecule has 0 saturated carbocycles. The summed E-state index contributed by atoms with van der Waals surface area (Å²) in [5, 5.41) is 0. The lowest BCUT2D eigenvalue weighted by Gasteiger charge is -2.09. The molecule has 0 unspecified atom stereocenters. The van der Waals surface area contributed by atoms with Crippen molar-refractivity contribution in [3.8, 4) is 5.75 Å². The number of rotatable bonds is 6. The summed E-state index contributed by atoms with van der Waals surface area (Å²) in [6.45, 7) is 4.30. The number of hydrogen-bond acceptors (Lipinski definition) is 3. The van der Waals surface area contributed by atoms with Gasteiger partial charge in [-0.3, -0.25) is 0 Å². The fourth-order valence-corrected chi connectivity index (χ4v) is 2.19. The van der Waals surface area contributed by atoms with Crippen molar-refractivity contribution in [1.82, 2.24) is 0 Å². The smallest absolute Gasteiger partial charge is 0.434 e. The molecule has 0 spiro atoms. The average molecular weight is 298 g/mol. The Morgan fingerprint density at radius 3 is 2.50 bits per heavy atom. The van der Waals surface area contributed by atoms with E-state index in [4.69, 9.17) is 9.47 Å². The highest BCUT2D eigenvalue weighted by Crippen LogP contribution is 2.20. The van der Waals surface area contributed by atoms with E-state index in [1.165, 1.54) is 5.56 Å². The van der Waals surface area contributed by atoms with Crippen LogP contribution in [0.3, 0.4) is 0 Å². The summed E-state index contributed by atoms with van der Waals surface area (Å²) < 4.78 is 10.3. The summed E-state index contributed by atoms with van der Waals surface area (Å²) >= 11 is 0. The Kier molecular flexibility index (Phi) is 6.01. The SMILES string of the molecule is Cc1cccc(OC(=O)OCCCCc2ccccc2)c1C. The number of carbonyl (C=O) groups is 1. The maximum absolute atomic E-state index is 11.7. The van der Waals surface area contributed by atoms with Crippen LogP contribution in [0.2, 0.25) is 0 Å². The van der Waals surface area contributed by atoms with Crippen molar-refractivity contribution < 1.29 is 14.3 Å². The van der Waals surface area contributed by atoms with Crippen LogP contribution in [0.5, 0.6) is 5.75 Å². The lowest BCUT2D eigenvalue weighted by atomic mass is 10.1. The first kappa shape index (κ1) is 16.1. The zero-order chi connectivity index (χ0) is 15.8. The third kappa shape index (κ3) is 4.92. The van der Waals surface area contributed by atoms with Gasteiger partial charge in [-0.15, -0.1) is 0 Å². The third-order valence-corrected chi connectivity index (χ3v) is 3.67. The molecule has 22 heavy (non-hydrogen) atoms. The molecule has 2 aromatic carbocycles. The average Bonchev–Trinajstić information content (AvgIpc) is 2.52. The minimum absolute atomic E-state index is 0.385. The number of ether oxygens (including phenoxy) is 2. The standard InChI is InChI=1S/C19H22O3/c1-15-9-8-13-18(16(15)2)22-19(20)21-14-7-6-12-17-10-4-3-5-11-17/h3-5,8-11,13H,6-7,12,14H2,1-2H3. The molecule has 0 aromatic heterocycles. The summed E-state index contributed by atoms with van der Waals surface area (Å²) in [6, 6.07) is 15.9. The van der Waals surface area contributed by atoms with Crippen molar-refractivity contribution >= 4 is 6.16 Å². The van der Waals surface area contributed by atoms with E-state index >= 15 is 0 Å². The van der Waals surface area contributed by atoms with Crippen molar-refractivity contribution in [3.05, 3.63) is 65.2 Å². The Balaban J connectivity index is 1.67. The van der Waals surface area contributed by atoms with Gasteiger partial charge < -0.3 is 9.47 Å². The van der Waals surface area contributed by atoms with E-state index in [0.29, 0.717) is 12.4 Å². The van der Waals surface area contributed by atoms with Crippen LogP contribution in [0.25, 0.3) is 0 Å². The van der Waals surface area contributed by atoms with Gasteiger partial charge in [0.15, 0.2) is 0 Å². The fraction of sp³-hybridized carbons (Fsp3) is 0.316. The molecular weight excluding hydrogens is 276 g/mol. The third-order valence-electron chi connectivity index (χ3n) is 3.67. The van der Waals surface area contributed by atoms with Crippen LogP contribution in [-0.4, -0.2) is 12.8 Å². The van der Waals surface area contributed by atoms with Crippen LogP contribution in [0.15, 0.2) is 48.5 Å². The molecule has 2 rings (SSSR count). The van der Waals surface area contributed by atoms with E-state index < -0.39 is 6.16 Å². The van der Waals surface area contributed by atoms with Gasteiger partial charge in [-0.1, -0.05) is 42.5 Å². The van der Waals surface area contributed by atoms with Gasteiger partial charge in [0.2, 0.25) is 0 Å². The van der Waals surface area contributed by atoms with Crippen LogP contribution in [0.4, 0.5) is 4.79 Å². The molecule has 0 heterocycles. The van der Waals surface area contributed by atoms with E-state index in [1.54, 1.807) is 6.07 Å². The van der Waals surface area contributed by atoms with E-state index in [9.17, 15) is 4.79 Å². The second kappa shape index (κ2) is 8.23. The number of carbonyl (C=O) groups excluding carboxylic acids is 1. The molecule has 0 aliphatic heterocycles. The Labute approximate surface area is 131 Å². The zero-order valence-corrected chi connectivity index (χ0v) is 13.2. The van der Waals surface area contributed by atoms with Gasteiger partial charge in [0, 0.05) is 0 Å². The first-order valence-electron chi connectivity index (χ1n) is 7.61. The first-order chi connectivity index (χ1) is 10.7. The molecule has 2 aromatic rings. The summed E-state index contributed by atoms with van der Waals surface area (Å²) in [5.41, 5.74) is 3.36. The quantitative estimate of drug-likeness (QED) is 0.435. The zero-order valence-electron chi connectivity index (χ0n) is 13.2. The lowest BCUT2D eigenvalue weighted by Crippen LogP contribution is -2.12. The van der Waals surface area contributed by atoms with Crippen molar-refractivity contribution in [2.45, 2.75) is 33.1 Å². The molecule has 0 amide bonds. The molecular formula is C19H22O3. The Morgan fingerprint density at radius 2 is 1.73 bits per heavy atom. The predicted octanol–water partition coefficient (Wildman–Crippen LogP) is 4.84. The summed E-state index contributed by atoms with van der Waals surface area (Å²) in [7, 11) is 0. The predicted molar refractivity (Wildman–Crippen MR) is 87.3 cm³/mol. The lowest BCUT2D eigenvalue weighted by molar-refractivity contribution is 0.0972. The van der Waals surface area contributed by atoms with Gasteiger partial charge in [-0.05, 0) is 55.9 Å². The van der Waals surface area contributed by atoms with E-state index in [0.717, 1.165) is 30.4 Å². The number of unbranched alkanes of at least 4 members (excludes halogenated alkanes) is 1. The largest absolute Gasteiger partial charge is 0.513 e. The van der Waals surface area contributed by atoms with Gasteiger partial charge >= 0.3 is 6.16 Å². The molecule has 0 N–H and O–H groups in total. The molecule has 116 valence electrons. The molecule has 0 saturated heterocycles. The summed E-state index contributed by atoms with van der Waals surface area (Å²) in [6.07, 6.45) is 2.18. The Bertz CT molecular complexity index is 605. The highest BCUT2D eigenvalue weighted by molar-refractivity contribution is 5.64. The van der Waals surface area contributed by atoms with Crippen LogP contribution < -0.4 is 4.74 Å². The van der Waals surface area contributed by atoms with E-state index in [-0.39, 0.29) is 0 Å². The molecule has 0 radical (unpaired) electrons. The maximum atomic E-state index is 11.7. The molecule has 0 atom stereocenters. The van der Waals surface area contributed by atoms with Crippen LogP contribution in [-0.2, 0) is 11.2 Å². The van der Waals surface area contributed by atoms with E-state index in [1.807, 2.05) is 44.2 Å². The first-order valence-corrected chi connectivity index (χ1v) is 7.61. The van der Waals surface area contributed by atoms with Gasteiger partial charge in [0.25, 0.3) is 0 Å². The van der Waals surface area contributed by atoms with Crippen molar-refractivity contribution in [1.29, 1.82) is 0 Å². The second-order valence-corrected chi connectivity index (χ2v) is 5.34. The Morgan fingerprint density at radius 1 is 0.955 bits per heavy atom. The fourth-order valence-electron chi connectivity index (χ4n) is 2.19. The molecule has 0 aliphatic carbocycles. The summed E-state index contributed by atoms with van der Waals surface area (Å²) in [5.74, 6) is 0.564. The van der Waals surface area contributed by atoms with Crippen molar-refractivity contribution in [3.63, 3.8) is 0 Å². The van der Waals surface area contributed by atoms with Gasteiger partial charge in [0.1, 0.15) is 5.75 Å². The minimum atomic E-state index is -0.631. The molecule has 0 fully saturated rings. The topological polar surface area (TPSA) is 35.5 Å². The molecule has 3 heteroatoms. The summed E-state index contributed by atoms with van der Waals surface area (Å²) in [4.78, 5) is 11.7. The maximum Gasteiger partial charge on any atom is 0.513 e. The molecule has 0 bridgehead atoms. The Hall–Kier alpha value is -2.29. The molecule has 3 nitrogen and oxygen atoms in total. The van der Waals surface area contributed by atoms with Crippen LogP contribution in [0, 0.1) is 13.8 Å². The number of aryl methyl sites for hydroxylation is 2. The monoisotopic (exact) mass is 298 g/mol. The van der Waals surface area contributed by atoms with E-state index in [2.05, 4.69) is 12.1 Å². The van der Waals surface area contributed by atoms with Crippen LogP contribution >= 0.6 is 0 Å². The minimum Gasteiger partial charge on any atom is -0.434 e. The highest BCUT2D eigenvalue weighted by Gasteiger charge is 2.09. The normalized spacial score (nSPS) is 10.3. The van der Waals surface area contributed by atoms with Gasteiger partial charge in [-0.2, -0.15) is 0 Å². The highest BCUT2D eigenvalue weighted by atomic mass is 16.7. The van der Waals surface area contributed by atoms with Crippen molar-refractivity contribution in [2.24, 2.45) is 0 Å². The van der Waals surface area contributed by atoms with Crippen LogP contribution in [0.1, 0.15) is 29.5 Å². The van der Waals surface area contributed by atoms with Gasteiger partial charge in [-0.25, -0.2) is 4.79 Å². The molecule has 0 aliphatic rings. The number of benzene rings is 2. The second-order valence-electron chi connectivity index (χ2n) is 5.34. The van der Waals surface area contributed by atoms with Crippen molar-refractivity contribution in [2.75, 3.05) is 6.61 Å². The van der Waals surface area contributed by atoms with Gasteiger partial charge in [0.05, 0.1) is 6.61 Å². The number of hydrogen-bond donors (Lipinski definition) is 0.